The Morgan fingerprint density at radius 3 is 2.50 bits per heavy atom. The van der Waals surface area contributed by atoms with Crippen LogP contribution in [-0.2, 0) is 0 Å². The lowest BCUT2D eigenvalue weighted by Gasteiger charge is -2.13. The van der Waals surface area contributed by atoms with E-state index in [1.165, 1.54) is 6.33 Å². The van der Waals surface area contributed by atoms with Crippen molar-refractivity contribution in [2.75, 3.05) is 11.1 Å². The molecule has 5 nitrogen and oxygen atoms in total. The topological polar surface area (TPSA) is 73.1 Å². The first-order valence-corrected chi connectivity index (χ1v) is 8.79. The minimum atomic E-state index is 0.310. The van der Waals surface area contributed by atoms with Gasteiger partial charge in [-0.25, -0.2) is 4.98 Å². The molecule has 1 aromatic heterocycles. The Labute approximate surface area is 159 Å². The number of halogens is 1. The Kier molecular flexibility index (Phi) is 4.41. The highest BCUT2D eigenvalue weighted by Gasteiger charge is 2.12. The second-order valence-electron chi connectivity index (χ2n) is 5.66. The van der Waals surface area contributed by atoms with Crippen molar-refractivity contribution < 1.29 is 4.74 Å². The number of fused-ring (bicyclic) bond motifs is 1. The predicted molar refractivity (Wildman–Crippen MR) is 108 cm³/mol. The third kappa shape index (κ3) is 3.32. The molecule has 6 heteroatoms. The van der Waals surface area contributed by atoms with Crippen LogP contribution in [0.2, 0.25) is 0 Å². The standard InChI is InChI=1S/C20H15BrN4O/c21-16-7-3-4-8-17(16)25-19-18(22)20(24-12-23-19)26-15-10-9-13-5-1-2-6-14(13)11-15/h1-12H,22H2,(H,23,24,25). The summed E-state index contributed by atoms with van der Waals surface area (Å²) in [7, 11) is 0. The number of ether oxygens (including phenoxy) is 1. The number of nitrogens with one attached hydrogen (secondary N) is 1. The lowest BCUT2D eigenvalue weighted by atomic mass is 10.1. The van der Waals surface area contributed by atoms with Gasteiger partial charge in [0.2, 0.25) is 5.88 Å². The maximum absolute atomic E-state index is 6.21. The fourth-order valence-electron chi connectivity index (χ4n) is 2.59. The molecule has 0 aliphatic carbocycles. The zero-order chi connectivity index (χ0) is 17.9. The van der Waals surface area contributed by atoms with Gasteiger partial charge in [-0.05, 0) is 51.0 Å². The van der Waals surface area contributed by atoms with Crippen LogP contribution in [0.4, 0.5) is 17.2 Å². The van der Waals surface area contributed by atoms with Crippen molar-refractivity contribution in [2.24, 2.45) is 0 Å². The lowest BCUT2D eigenvalue weighted by Crippen LogP contribution is -2.03. The van der Waals surface area contributed by atoms with Gasteiger partial charge < -0.3 is 15.8 Å². The third-order valence-electron chi connectivity index (χ3n) is 3.91. The Hall–Kier alpha value is -3.12. The van der Waals surface area contributed by atoms with Gasteiger partial charge in [-0.1, -0.05) is 42.5 Å². The summed E-state index contributed by atoms with van der Waals surface area (Å²) in [5.74, 6) is 1.47. The monoisotopic (exact) mass is 406 g/mol. The highest BCUT2D eigenvalue weighted by Crippen LogP contribution is 2.33. The molecule has 128 valence electrons. The molecule has 0 spiro atoms. The minimum absolute atomic E-state index is 0.310. The first-order chi connectivity index (χ1) is 12.7. The van der Waals surface area contributed by atoms with Gasteiger partial charge in [-0.15, -0.1) is 0 Å². The van der Waals surface area contributed by atoms with Gasteiger partial charge in [-0.2, -0.15) is 4.98 Å². The van der Waals surface area contributed by atoms with E-state index >= 15 is 0 Å². The van der Waals surface area contributed by atoms with Crippen molar-refractivity contribution in [1.29, 1.82) is 0 Å². The number of nitrogens with two attached hydrogens (primary N) is 1. The Bertz CT molecular complexity index is 1080. The Balaban J connectivity index is 1.63. The summed E-state index contributed by atoms with van der Waals surface area (Å²) >= 11 is 3.50. The summed E-state index contributed by atoms with van der Waals surface area (Å²) in [6.07, 6.45) is 1.42. The van der Waals surface area contributed by atoms with Gasteiger partial charge in [0.25, 0.3) is 0 Å². The highest BCUT2D eigenvalue weighted by molar-refractivity contribution is 9.10. The predicted octanol–water partition coefficient (Wildman–Crippen LogP) is 5.51. The number of hydrogen-bond donors (Lipinski definition) is 2. The molecule has 0 aliphatic heterocycles. The molecule has 3 aromatic carbocycles. The first-order valence-electron chi connectivity index (χ1n) is 7.99. The van der Waals surface area contributed by atoms with Crippen LogP contribution in [0.3, 0.4) is 0 Å². The van der Waals surface area contributed by atoms with Crippen molar-refractivity contribution >= 4 is 43.9 Å². The molecule has 0 saturated carbocycles. The fourth-order valence-corrected chi connectivity index (χ4v) is 2.98. The molecule has 0 amide bonds. The second-order valence-corrected chi connectivity index (χ2v) is 6.51. The van der Waals surface area contributed by atoms with Gasteiger partial charge >= 0.3 is 0 Å². The Morgan fingerprint density at radius 1 is 0.885 bits per heavy atom. The summed E-state index contributed by atoms with van der Waals surface area (Å²) in [6.45, 7) is 0. The molecule has 0 saturated heterocycles. The van der Waals surface area contributed by atoms with Crippen LogP contribution in [-0.4, -0.2) is 9.97 Å². The highest BCUT2D eigenvalue weighted by atomic mass is 79.9. The molecule has 0 unspecified atom stereocenters. The van der Waals surface area contributed by atoms with Gasteiger partial charge in [-0.3, -0.25) is 0 Å². The van der Waals surface area contributed by atoms with Crippen molar-refractivity contribution in [2.45, 2.75) is 0 Å². The van der Waals surface area contributed by atoms with Crippen molar-refractivity contribution in [3.63, 3.8) is 0 Å². The molecule has 3 N–H and O–H groups in total. The molecule has 1 heterocycles. The van der Waals surface area contributed by atoms with Crippen LogP contribution in [0.15, 0.2) is 77.5 Å². The van der Waals surface area contributed by atoms with Crippen LogP contribution >= 0.6 is 15.9 Å². The van der Waals surface area contributed by atoms with Gasteiger partial charge in [0.1, 0.15) is 17.8 Å². The van der Waals surface area contributed by atoms with Crippen LogP contribution in [0.1, 0.15) is 0 Å². The summed E-state index contributed by atoms with van der Waals surface area (Å²) in [5.41, 5.74) is 7.41. The maximum atomic E-state index is 6.21. The third-order valence-corrected chi connectivity index (χ3v) is 4.60. The number of anilines is 3. The molecule has 4 rings (SSSR count). The number of nitrogens with zero attached hydrogens (tertiary/aromatic N) is 2. The number of para-hydroxylation sites is 1. The van der Waals surface area contributed by atoms with E-state index in [4.69, 9.17) is 10.5 Å². The SMILES string of the molecule is Nc1c(Nc2ccccc2Br)ncnc1Oc1ccc2ccccc2c1. The van der Waals surface area contributed by atoms with Gasteiger partial charge in [0, 0.05) is 4.47 Å². The second kappa shape index (κ2) is 7.01. The van der Waals surface area contributed by atoms with E-state index in [2.05, 4.69) is 37.3 Å². The van der Waals surface area contributed by atoms with E-state index < -0.39 is 0 Å². The number of rotatable bonds is 4. The lowest BCUT2D eigenvalue weighted by molar-refractivity contribution is 0.465. The largest absolute Gasteiger partial charge is 0.437 e. The van der Waals surface area contributed by atoms with Crippen LogP contribution in [0.5, 0.6) is 11.6 Å². The molecule has 0 aliphatic rings. The average molecular weight is 407 g/mol. The summed E-state index contributed by atoms with van der Waals surface area (Å²) in [4.78, 5) is 8.39. The van der Waals surface area contributed by atoms with Crippen LogP contribution in [0.25, 0.3) is 10.8 Å². The van der Waals surface area contributed by atoms with Crippen LogP contribution < -0.4 is 15.8 Å². The van der Waals surface area contributed by atoms with E-state index in [-0.39, 0.29) is 0 Å². The van der Waals surface area contributed by atoms with E-state index in [1.807, 2.05) is 60.7 Å². The molecule has 0 bridgehead atoms. The quantitative estimate of drug-likeness (QED) is 0.467. The Morgan fingerprint density at radius 2 is 1.65 bits per heavy atom. The van der Waals surface area contributed by atoms with E-state index in [1.54, 1.807) is 0 Å². The fraction of sp³-hybridized carbons (Fsp3) is 0. The maximum Gasteiger partial charge on any atom is 0.248 e. The van der Waals surface area contributed by atoms with Gasteiger partial charge in [0.05, 0.1) is 5.69 Å². The van der Waals surface area contributed by atoms with Crippen molar-refractivity contribution in [1.82, 2.24) is 9.97 Å². The van der Waals surface area contributed by atoms with Crippen molar-refractivity contribution in [3.05, 3.63) is 77.5 Å². The summed E-state index contributed by atoms with van der Waals surface area (Å²) in [6, 6.07) is 21.7. The number of benzene rings is 3. The van der Waals surface area contributed by atoms with E-state index in [0.717, 1.165) is 20.9 Å². The number of hydrogen-bond acceptors (Lipinski definition) is 5. The molecular weight excluding hydrogens is 392 g/mol. The first kappa shape index (κ1) is 16.4. The van der Waals surface area contributed by atoms with Crippen molar-refractivity contribution in [3.8, 4) is 11.6 Å². The molecule has 0 fully saturated rings. The molecule has 0 atom stereocenters. The molecule has 0 radical (unpaired) electrons. The smallest absolute Gasteiger partial charge is 0.248 e. The summed E-state index contributed by atoms with van der Waals surface area (Å²) < 4.78 is 6.81. The van der Waals surface area contributed by atoms with E-state index in [9.17, 15) is 0 Å². The zero-order valence-corrected chi connectivity index (χ0v) is 15.3. The average Bonchev–Trinajstić information content (AvgIpc) is 2.66. The number of nitrogen functional groups attached to an aromatic ring is 1. The molecule has 26 heavy (non-hydrogen) atoms. The zero-order valence-electron chi connectivity index (χ0n) is 13.7. The van der Waals surface area contributed by atoms with E-state index in [0.29, 0.717) is 23.1 Å². The normalized spacial score (nSPS) is 10.7. The number of aromatic nitrogens is 2. The minimum Gasteiger partial charge on any atom is -0.437 e. The molecular formula is C20H15BrN4O. The van der Waals surface area contributed by atoms with Crippen LogP contribution in [0, 0.1) is 0 Å². The molecule has 4 aromatic rings. The summed E-state index contributed by atoms with van der Waals surface area (Å²) in [5, 5.41) is 5.43. The van der Waals surface area contributed by atoms with Gasteiger partial charge in [0.15, 0.2) is 5.82 Å².